The molecule has 2 aromatic heterocycles. The number of non-ortho nitro benzene ring substituents is 1. The molecule has 0 radical (unpaired) electrons. The second kappa shape index (κ2) is 12.5. The van der Waals surface area contributed by atoms with Crippen LogP contribution in [0.15, 0.2) is 80.1 Å². The highest BCUT2D eigenvalue weighted by molar-refractivity contribution is 7.07. The average molecular weight is 604 g/mol. The molecule has 43 heavy (non-hydrogen) atoms. The third-order valence-electron chi connectivity index (χ3n) is 6.86. The first-order valence-electron chi connectivity index (χ1n) is 13.6. The number of allylic oxidation sites excluding steroid dienone is 1. The summed E-state index contributed by atoms with van der Waals surface area (Å²) >= 11 is 1.18. The second-order valence-corrected chi connectivity index (χ2v) is 10.5. The number of thiazole rings is 1. The van der Waals surface area contributed by atoms with Gasteiger partial charge in [-0.25, -0.2) is 9.79 Å². The summed E-state index contributed by atoms with van der Waals surface area (Å²) in [6.45, 7) is 3.90. The van der Waals surface area contributed by atoms with Crippen molar-refractivity contribution in [2.75, 3.05) is 20.8 Å². The van der Waals surface area contributed by atoms with Crippen molar-refractivity contribution in [2.24, 2.45) is 4.99 Å². The highest BCUT2D eigenvalue weighted by Crippen LogP contribution is 2.35. The first-order chi connectivity index (χ1) is 20.8. The van der Waals surface area contributed by atoms with Gasteiger partial charge in [0, 0.05) is 18.2 Å². The van der Waals surface area contributed by atoms with E-state index >= 15 is 0 Å². The molecule has 0 bridgehead atoms. The number of benzene rings is 2. The van der Waals surface area contributed by atoms with Gasteiger partial charge in [0.25, 0.3) is 11.2 Å². The molecule has 0 amide bonds. The molecular weight excluding hydrogens is 574 g/mol. The topological polar surface area (TPSA) is 135 Å². The lowest BCUT2D eigenvalue weighted by atomic mass is 9.94. The van der Waals surface area contributed by atoms with Crippen LogP contribution in [0.1, 0.15) is 44.1 Å². The van der Waals surface area contributed by atoms with Crippen LogP contribution in [0.2, 0.25) is 0 Å². The summed E-state index contributed by atoms with van der Waals surface area (Å²) in [6.07, 6.45) is 2.84. The van der Waals surface area contributed by atoms with E-state index in [0.717, 1.165) is 6.42 Å². The summed E-state index contributed by atoms with van der Waals surface area (Å²) in [6, 6.07) is 14.0. The maximum absolute atomic E-state index is 14.0. The fourth-order valence-corrected chi connectivity index (χ4v) is 5.95. The van der Waals surface area contributed by atoms with E-state index in [1.54, 1.807) is 50.4 Å². The predicted octanol–water partition coefficient (Wildman–Crippen LogP) is 4.76. The second-order valence-electron chi connectivity index (χ2n) is 9.53. The Labute approximate surface area is 250 Å². The number of nitro benzene ring substituents is 1. The molecule has 1 aliphatic heterocycles. The molecule has 12 heteroatoms. The maximum atomic E-state index is 14.0. The molecule has 222 valence electrons. The number of nitrogens with zero attached hydrogens (tertiary/aromatic N) is 3. The van der Waals surface area contributed by atoms with Crippen molar-refractivity contribution in [3.05, 3.63) is 107 Å². The summed E-state index contributed by atoms with van der Waals surface area (Å²) in [5.41, 5.74) is 1.49. The van der Waals surface area contributed by atoms with Gasteiger partial charge in [0.15, 0.2) is 4.80 Å². The molecule has 4 aromatic rings. The van der Waals surface area contributed by atoms with Crippen LogP contribution in [0.4, 0.5) is 5.69 Å². The van der Waals surface area contributed by atoms with Crippen LogP contribution in [0.5, 0.6) is 11.5 Å². The number of nitro groups is 1. The lowest BCUT2D eigenvalue weighted by molar-refractivity contribution is -0.384. The van der Waals surface area contributed by atoms with Crippen LogP contribution < -0.4 is 24.4 Å². The minimum absolute atomic E-state index is 0.111. The Hall–Kier alpha value is -4.97. The molecule has 5 rings (SSSR count). The Morgan fingerprint density at radius 3 is 2.65 bits per heavy atom. The van der Waals surface area contributed by atoms with Crippen LogP contribution >= 0.6 is 11.3 Å². The summed E-state index contributed by atoms with van der Waals surface area (Å²) in [5, 5.41) is 11.3. The number of ether oxygens (including phenoxy) is 3. The van der Waals surface area contributed by atoms with Gasteiger partial charge < -0.3 is 18.6 Å². The first kappa shape index (κ1) is 29.5. The molecular formula is C31H29N3O8S. The van der Waals surface area contributed by atoms with E-state index in [9.17, 15) is 19.7 Å². The standard InChI is InChI=1S/C31H29N3O8S/c1-5-8-23-27(30(36)41-6-2)28(18-9-7-10-20(15-18)39-3)33-29(35)26(43-31(33)32-23)17-21-12-14-25(42-21)22-16-19(34(37)38)11-13-24(22)40-4/h7,9-17,28H,5-6,8H2,1-4H3/b26-17-. The minimum atomic E-state index is -0.782. The van der Waals surface area contributed by atoms with Crippen molar-refractivity contribution in [3.8, 4) is 22.8 Å². The normalized spacial score (nSPS) is 14.7. The smallest absolute Gasteiger partial charge is 0.338 e. The molecule has 0 saturated heterocycles. The zero-order valence-corrected chi connectivity index (χ0v) is 24.8. The van der Waals surface area contributed by atoms with Crippen molar-refractivity contribution in [2.45, 2.75) is 32.7 Å². The van der Waals surface area contributed by atoms with Crippen molar-refractivity contribution >= 4 is 29.1 Å². The number of carbonyl (C=O) groups excluding carboxylic acids is 1. The molecule has 1 aliphatic rings. The molecule has 0 N–H and O–H groups in total. The Balaban J connectivity index is 1.67. The number of rotatable bonds is 10. The molecule has 0 saturated carbocycles. The fraction of sp³-hybridized carbons (Fsp3) is 0.258. The number of hydrogen-bond donors (Lipinski definition) is 0. The molecule has 0 spiro atoms. The van der Waals surface area contributed by atoms with Gasteiger partial charge in [-0.2, -0.15) is 0 Å². The van der Waals surface area contributed by atoms with Crippen molar-refractivity contribution in [1.82, 2.24) is 4.57 Å². The number of hydrogen-bond acceptors (Lipinski definition) is 10. The zero-order valence-electron chi connectivity index (χ0n) is 24.0. The highest BCUT2D eigenvalue weighted by Gasteiger charge is 2.34. The third-order valence-corrected chi connectivity index (χ3v) is 7.84. The third kappa shape index (κ3) is 5.73. The van der Waals surface area contributed by atoms with Crippen molar-refractivity contribution in [3.63, 3.8) is 0 Å². The van der Waals surface area contributed by atoms with E-state index in [1.807, 2.05) is 13.0 Å². The Kier molecular flexibility index (Phi) is 8.58. The number of esters is 1. The number of aromatic nitrogens is 1. The molecule has 1 atom stereocenters. The van der Waals surface area contributed by atoms with Gasteiger partial charge in [0.1, 0.15) is 23.0 Å². The molecule has 11 nitrogen and oxygen atoms in total. The van der Waals surface area contributed by atoms with Gasteiger partial charge in [-0.05, 0) is 49.2 Å². The largest absolute Gasteiger partial charge is 0.497 e. The van der Waals surface area contributed by atoms with Crippen LogP contribution in [-0.2, 0) is 9.53 Å². The number of methoxy groups -OCH3 is 2. The zero-order chi connectivity index (χ0) is 30.7. The van der Waals surface area contributed by atoms with E-state index in [4.69, 9.17) is 23.6 Å². The van der Waals surface area contributed by atoms with Gasteiger partial charge in [0.05, 0.1) is 53.2 Å². The summed E-state index contributed by atoms with van der Waals surface area (Å²) in [4.78, 5) is 43.4. The van der Waals surface area contributed by atoms with E-state index in [0.29, 0.717) is 61.2 Å². The van der Waals surface area contributed by atoms with Gasteiger partial charge in [0.2, 0.25) is 0 Å². The SMILES string of the molecule is CCCC1=C(C(=O)OCC)C(c2cccc(OC)c2)n2c(s/c(=C\c3ccc(-c4cc([N+](=O)[O-])ccc4OC)o3)c2=O)=N1. The van der Waals surface area contributed by atoms with Gasteiger partial charge in [-0.3, -0.25) is 19.5 Å². The molecule has 1 unspecified atom stereocenters. The van der Waals surface area contributed by atoms with Crippen molar-refractivity contribution in [1.29, 1.82) is 0 Å². The summed E-state index contributed by atoms with van der Waals surface area (Å²) < 4.78 is 24.1. The highest BCUT2D eigenvalue weighted by atomic mass is 32.1. The summed E-state index contributed by atoms with van der Waals surface area (Å²) in [5.74, 6) is 1.14. The van der Waals surface area contributed by atoms with Crippen LogP contribution in [0.25, 0.3) is 17.4 Å². The average Bonchev–Trinajstić information content (AvgIpc) is 3.60. The number of furan rings is 1. The first-order valence-corrected chi connectivity index (χ1v) is 14.4. The fourth-order valence-electron chi connectivity index (χ4n) is 4.95. The quantitative estimate of drug-likeness (QED) is 0.144. The van der Waals surface area contributed by atoms with E-state index in [-0.39, 0.29) is 17.9 Å². The monoisotopic (exact) mass is 603 g/mol. The number of fused-ring (bicyclic) bond motifs is 1. The Morgan fingerprint density at radius 1 is 1.14 bits per heavy atom. The molecule has 0 fully saturated rings. The van der Waals surface area contributed by atoms with Crippen LogP contribution in [-0.4, -0.2) is 36.3 Å². The van der Waals surface area contributed by atoms with Crippen molar-refractivity contribution < 1.29 is 28.3 Å². The summed E-state index contributed by atoms with van der Waals surface area (Å²) in [7, 11) is 3.02. The van der Waals surface area contributed by atoms with Gasteiger partial charge in [-0.15, -0.1) is 0 Å². The van der Waals surface area contributed by atoms with Gasteiger partial charge >= 0.3 is 5.97 Å². The molecule has 3 heterocycles. The lowest BCUT2D eigenvalue weighted by Crippen LogP contribution is -2.40. The number of carbonyl (C=O) groups is 1. The van der Waals surface area contributed by atoms with E-state index in [2.05, 4.69) is 0 Å². The Bertz CT molecular complexity index is 1920. The molecule has 0 aliphatic carbocycles. The van der Waals surface area contributed by atoms with Gasteiger partial charge in [-0.1, -0.05) is 36.8 Å². The maximum Gasteiger partial charge on any atom is 0.338 e. The molecule has 2 aromatic carbocycles. The van der Waals surface area contributed by atoms with E-state index < -0.39 is 16.9 Å². The predicted molar refractivity (Wildman–Crippen MR) is 160 cm³/mol. The lowest BCUT2D eigenvalue weighted by Gasteiger charge is -2.26. The van der Waals surface area contributed by atoms with Crippen LogP contribution in [0.3, 0.4) is 0 Å². The van der Waals surface area contributed by atoms with Crippen LogP contribution in [0, 0.1) is 10.1 Å². The minimum Gasteiger partial charge on any atom is -0.497 e. The van der Waals surface area contributed by atoms with E-state index in [1.165, 1.54) is 41.2 Å². The Morgan fingerprint density at radius 2 is 1.95 bits per heavy atom.